The molecule has 30 heavy (non-hydrogen) atoms. The van der Waals surface area contributed by atoms with E-state index in [1.807, 2.05) is 18.2 Å². The van der Waals surface area contributed by atoms with Gasteiger partial charge in [-0.05, 0) is 53.6 Å². The number of nitro groups is 2. The second-order valence-corrected chi connectivity index (χ2v) is 6.51. The van der Waals surface area contributed by atoms with Gasteiger partial charge in [0.05, 0.1) is 22.1 Å². The Balaban J connectivity index is 1.61. The molecule has 0 amide bonds. The van der Waals surface area contributed by atoms with E-state index in [2.05, 4.69) is 10.5 Å². The van der Waals surface area contributed by atoms with Gasteiger partial charge in [-0.2, -0.15) is 5.10 Å². The number of rotatable bonds is 8. The lowest BCUT2D eigenvalue weighted by Gasteiger charge is -2.07. The van der Waals surface area contributed by atoms with Crippen LogP contribution in [0.4, 0.5) is 17.1 Å². The molecule has 3 rings (SSSR count). The molecule has 0 heterocycles. The molecule has 0 atom stereocenters. The number of ether oxygens (including phenoxy) is 1. The Bertz CT molecular complexity index is 1100. The first-order valence-electron chi connectivity index (χ1n) is 8.61. The lowest BCUT2D eigenvalue weighted by molar-refractivity contribution is -0.393. The normalized spacial score (nSPS) is 10.7. The van der Waals surface area contributed by atoms with Crippen molar-refractivity contribution < 1.29 is 14.6 Å². The summed E-state index contributed by atoms with van der Waals surface area (Å²) in [4.78, 5) is 20.5. The van der Waals surface area contributed by atoms with Crippen LogP contribution in [0.15, 0.2) is 71.8 Å². The van der Waals surface area contributed by atoms with E-state index < -0.39 is 15.5 Å². The first-order valence-corrected chi connectivity index (χ1v) is 8.99. The lowest BCUT2D eigenvalue weighted by atomic mass is 10.2. The van der Waals surface area contributed by atoms with Crippen molar-refractivity contribution in [1.82, 2.24) is 0 Å². The maximum absolute atomic E-state index is 11.1. The van der Waals surface area contributed by atoms with E-state index in [1.165, 1.54) is 12.3 Å². The number of hydrazone groups is 1. The first-order chi connectivity index (χ1) is 14.4. The topological polar surface area (TPSA) is 120 Å². The zero-order chi connectivity index (χ0) is 21.5. The monoisotopic (exact) mass is 426 g/mol. The molecule has 0 fully saturated rings. The first kappa shape index (κ1) is 20.7. The molecule has 10 heteroatoms. The van der Waals surface area contributed by atoms with Gasteiger partial charge in [0, 0.05) is 11.1 Å². The molecule has 3 aromatic carbocycles. The van der Waals surface area contributed by atoms with Crippen LogP contribution in [0.5, 0.6) is 5.75 Å². The number of hydrogen-bond acceptors (Lipinski definition) is 7. The Morgan fingerprint density at radius 1 is 1.00 bits per heavy atom. The second-order valence-electron chi connectivity index (χ2n) is 6.07. The third kappa shape index (κ3) is 5.52. The Labute approximate surface area is 175 Å². The zero-order valence-electron chi connectivity index (χ0n) is 15.4. The van der Waals surface area contributed by atoms with Crippen molar-refractivity contribution in [2.24, 2.45) is 5.10 Å². The predicted octanol–water partition coefficient (Wildman–Crippen LogP) is 5.18. The van der Waals surface area contributed by atoms with E-state index in [1.54, 1.807) is 30.3 Å². The maximum Gasteiger partial charge on any atom is 0.301 e. The summed E-state index contributed by atoms with van der Waals surface area (Å²) < 4.78 is 5.70. The SMILES string of the molecule is O=[N+]([O-])c1ccc(N/N=C\c2ccc(OCc3cccc(Cl)c3)cc2)c([N+](=O)[O-])c1. The molecule has 3 aromatic rings. The van der Waals surface area contributed by atoms with Crippen LogP contribution < -0.4 is 10.2 Å². The molecule has 0 aliphatic heterocycles. The van der Waals surface area contributed by atoms with Crippen molar-refractivity contribution in [3.05, 3.63) is 103 Å². The Kier molecular flexibility index (Phi) is 6.56. The molecule has 0 aliphatic rings. The van der Waals surface area contributed by atoms with Crippen molar-refractivity contribution in [3.8, 4) is 5.75 Å². The highest BCUT2D eigenvalue weighted by molar-refractivity contribution is 6.30. The predicted molar refractivity (Wildman–Crippen MR) is 113 cm³/mol. The standard InChI is InChI=1S/C20H15ClN4O5/c21-16-3-1-2-15(10-16)13-30-18-7-4-14(5-8-18)12-22-23-19-9-6-17(24(26)27)11-20(19)25(28)29/h1-12,23H,13H2/b22-12-. The van der Waals surface area contributed by atoms with Gasteiger partial charge >= 0.3 is 5.69 Å². The van der Waals surface area contributed by atoms with Gasteiger partial charge in [0.25, 0.3) is 5.69 Å². The fourth-order valence-electron chi connectivity index (χ4n) is 2.50. The van der Waals surface area contributed by atoms with Crippen molar-refractivity contribution in [2.75, 3.05) is 5.43 Å². The van der Waals surface area contributed by atoms with E-state index >= 15 is 0 Å². The van der Waals surface area contributed by atoms with Crippen LogP contribution in [0.25, 0.3) is 0 Å². The fraction of sp³-hybridized carbons (Fsp3) is 0.0500. The summed E-state index contributed by atoms with van der Waals surface area (Å²) in [7, 11) is 0. The van der Waals surface area contributed by atoms with Crippen molar-refractivity contribution in [2.45, 2.75) is 6.61 Å². The molecular weight excluding hydrogens is 412 g/mol. The summed E-state index contributed by atoms with van der Waals surface area (Å²) in [5.74, 6) is 0.658. The minimum Gasteiger partial charge on any atom is -0.489 e. The minimum atomic E-state index is -0.711. The largest absolute Gasteiger partial charge is 0.489 e. The maximum atomic E-state index is 11.1. The van der Waals surface area contributed by atoms with Crippen LogP contribution in [0.3, 0.4) is 0 Å². The van der Waals surface area contributed by atoms with E-state index in [4.69, 9.17) is 16.3 Å². The van der Waals surface area contributed by atoms with Crippen molar-refractivity contribution in [3.63, 3.8) is 0 Å². The molecule has 0 aliphatic carbocycles. The average Bonchev–Trinajstić information content (AvgIpc) is 2.73. The van der Waals surface area contributed by atoms with Crippen molar-refractivity contribution >= 4 is 34.9 Å². The summed E-state index contributed by atoms with van der Waals surface area (Å²) in [6.45, 7) is 0.374. The van der Waals surface area contributed by atoms with Gasteiger partial charge in [-0.3, -0.25) is 25.7 Å². The summed E-state index contributed by atoms with van der Waals surface area (Å²) in [6, 6.07) is 17.7. The van der Waals surface area contributed by atoms with Crippen LogP contribution in [0.1, 0.15) is 11.1 Å². The van der Waals surface area contributed by atoms with E-state index in [9.17, 15) is 20.2 Å². The summed E-state index contributed by atoms with van der Waals surface area (Å²) >= 11 is 5.95. The third-order valence-electron chi connectivity index (χ3n) is 3.96. The van der Waals surface area contributed by atoms with E-state index in [0.717, 1.165) is 23.3 Å². The molecule has 9 nitrogen and oxygen atoms in total. The highest BCUT2D eigenvalue weighted by atomic mass is 35.5. The Hall–Kier alpha value is -3.98. The van der Waals surface area contributed by atoms with Crippen LogP contribution in [0.2, 0.25) is 5.02 Å². The average molecular weight is 427 g/mol. The zero-order valence-corrected chi connectivity index (χ0v) is 16.2. The number of nitrogens with one attached hydrogen (secondary N) is 1. The number of benzene rings is 3. The fourth-order valence-corrected chi connectivity index (χ4v) is 2.71. The van der Waals surface area contributed by atoms with E-state index in [0.29, 0.717) is 17.4 Å². The quantitative estimate of drug-likeness (QED) is 0.301. The smallest absolute Gasteiger partial charge is 0.301 e. The summed E-state index contributed by atoms with van der Waals surface area (Å²) in [5.41, 5.74) is 3.44. The van der Waals surface area contributed by atoms with Gasteiger partial charge in [-0.15, -0.1) is 0 Å². The number of anilines is 1. The molecule has 0 saturated heterocycles. The number of non-ortho nitro benzene ring substituents is 1. The molecule has 0 unspecified atom stereocenters. The minimum absolute atomic E-state index is 0.0447. The molecule has 0 spiro atoms. The van der Waals surface area contributed by atoms with Crippen LogP contribution in [0, 0.1) is 20.2 Å². The Morgan fingerprint density at radius 2 is 1.77 bits per heavy atom. The molecular formula is C20H15ClN4O5. The second kappa shape index (κ2) is 9.48. The highest BCUT2D eigenvalue weighted by Crippen LogP contribution is 2.28. The molecule has 0 radical (unpaired) electrons. The molecule has 0 bridgehead atoms. The van der Waals surface area contributed by atoms with Gasteiger partial charge < -0.3 is 4.74 Å². The molecule has 1 N–H and O–H groups in total. The van der Waals surface area contributed by atoms with Gasteiger partial charge in [0.15, 0.2) is 0 Å². The van der Waals surface area contributed by atoms with Crippen LogP contribution >= 0.6 is 11.6 Å². The molecule has 0 aromatic heterocycles. The van der Waals surface area contributed by atoms with Crippen molar-refractivity contribution in [1.29, 1.82) is 0 Å². The molecule has 0 saturated carbocycles. The summed E-state index contributed by atoms with van der Waals surface area (Å²) in [6.07, 6.45) is 1.46. The van der Waals surface area contributed by atoms with Gasteiger partial charge in [-0.1, -0.05) is 23.7 Å². The highest BCUT2D eigenvalue weighted by Gasteiger charge is 2.19. The summed E-state index contributed by atoms with van der Waals surface area (Å²) in [5, 5.41) is 26.5. The number of nitrogens with zero attached hydrogens (tertiary/aromatic N) is 3. The molecule has 152 valence electrons. The van der Waals surface area contributed by atoms with Crippen LogP contribution in [-0.2, 0) is 6.61 Å². The Morgan fingerprint density at radius 3 is 2.43 bits per heavy atom. The number of halogens is 1. The van der Waals surface area contributed by atoms with Gasteiger partial charge in [-0.25, -0.2) is 0 Å². The number of nitro benzene ring substituents is 2. The third-order valence-corrected chi connectivity index (χ3v) is 4.20. The van der Waals surface area contributed by atoms with Gasteiger partial charge in [0.2, 0.25) is 0 Å². The van der Waals surface area contributed by atoms with Crippen LogP contribution in [-0.4, -0.2) is 16.1 Å². The van der Waals surface area contributed by atoms with E-state index in [-0.39, 0.29) is 11.4 Å². The lowest BCUT2D eigenvalue weighted by Crippen LogP contribution is -1.99. The van der Waals surface area contributed by atoms with Gasteiger partial charge in [0.1, 0.15) is 18.0 Å². The number of hydrogen-bond donors (Lipinski definition) is 1.